The molecule has 0 heterocycles. The summed E-state index contributed by atoms with van der Waals surface area (Å²) in [5.74, 6) is 2.59. The normalized spacial score (nSPS) is 10.2. The van der Waals surface area contributed by atoms with Gasteiger partial charge in [-0.25, -0.2) is 0 Å². The quantitative estimate of drug-likeness (QED) is 0.646. The average molecular weight is 351 g/mol. The van der Waals surface area contributed by atoms with Crippen LogP contribution in [-0.2, 0) is 0 Å². The third-order valence-corrected chi connectivity index (χ3v) is 3.30. The summed E-state index contributed by atoms with van der Waals surface area (Å²) in [6.07, 6.45) is 0.837. The highest BCUT2D eigenvalue weighted by Crippen LogP contribution is 2.18. The predicted octanol–water partition coefficient (Wildman–Crippen LogP) is 4.70. The maximum atomic E-state index is 5.65. The second-order valence-corrected chi connectivity index (χ2v) is 5.32. The number of hydrogen-bond acceptors (Lipinski definition) is 3. The molecule has 3 nitrogen and oxygen atoms in total. The summed E-state index contributed by atoms with van der Waals surface area (Å²) in [6.45, 7) is 3.91. The zero-order valence-electron chi connectivity index (χ0n) is 12.0. The van der Waals surface area contributed by atoms with Crippen LogP contribution in [0.2, 0.25) is 0 Å². The van der Waals surface area contributed by atoms with E-state index in [0.717, 1.165) is 28.1 Å². The van der Waals surface area contributed by atoms with E-state index in [0.29, 0.717) is 19.8 Å². The van der Waals surface area contributed by atoms with Gasteiger partial charge in [0.25, 0.3) is 0 Å². The van der Waals surface area contributed by atoms with Crippen molar-refractivity contribution in [2.45, 2.75) is 13.3 Å². The minimum Gasteiger partial charge on any atom is -0.494 e. The van der Waals surface area contributed by atoms with Gasteiger partial charge in [0, 0.05) is 10.9 Å². The van der Waals surface area contributed by atoms with Crippen LogP contribution in [0.4, 0.5) is 0 Å². The van der Waals surface area contributed by atoms with Gasteiger partial charge in [0.2, 0.25) is 0 Å². The molecule has 0 radical (unpaired) electrons. The van der Waals surface area contributed by atoms with Gasteiger partial charge in [-0.15, -0.1) is 0 Å². The van der Waals surface area contributed by atoms with Gasteiger partial charge in [-0.3, -0.25) is 0 Å². The Morgan fingerprint density at radius 1 is 0.714 bits per heavy atom. The monoisotopic (exact) mass is 350 g/mol. The van der Waals surface area contributed by atoms with E-state index in [1.807, 2.05) is 55.5 Å². The lowest BCUT2D eigenvalue weighted by Gasteiger charge is -2.09. The lowest BCUT2D eigenvalue weighted by Crippen LogP contribution is -2.04. The SMILES string of the molecule is CCOc1ccc(OCCCOc2ccc(Br)cc2)cc1. The Bertz CT molecular complexity index is 523. The molecule has 0 aromatic heterocycles. The highest BCUT2D eigenvalue weighted by Gasteiger charge is 1.97. The maximum absolute atomic E-state index is 5.65. The molecular weight excluding hydrogens is 332 g/mol. The molecule has 2 rings (SSSR count). The zero-order valence-corrected chi connectivity index (χ0v) is 13.6. The molecule has 0 bridgehead atoms. The fourth-order valence-corrected chi connectivity index (χ4v) is 2.03. The van der Waals surface area contributed by atoms with Crippen molar-refractivity contribution in [3.05, 3.63) is 53.0 Å². The summed E-state index contributed by atoms with van der Waals surface area (Å²) in [6, 6.07) is 15.5. The Labute approximate surface area is 134 Å². The number of benzene rings is 2. The van der Waals surface area contributed by atoms with Gasteiger partial charge in [-0.05, 0) is 55.5 Å². The van der Waals surface area contributed by atoms with Crippen LogP contribution in [0, 0.1) is 0 Å². The van der Waals surface area contributed by atoms with Crippen molar-refractivity contribution in [1.82, 2.24) is 0 Å². The summed E-state index contributed by atoms with van der Waals surface area (Å²) in [7, 11) is 0. The predicted molar refractivity (Wildman–Crippen MR) is 87.4 cm³/mol. The van der Waals surface area contributed by atoms with Crippen molar-refractivity contribution in [1.29, 1.82) is 0 Å². The molecule has 0 N–H and O–H groups in total. The summed E-state index contributed by atoms with van der Waals surface area (Å²) in [4.78, 5) is 0. The van der Waals surface area contributed by atoms with Crippen molar-refractivity contribution < 1.29 is 14.2 Å². The fourth-order valence-electron chi connectivity index (χ4n) is 1.77. The molecule has 0 aliphatic heterocycles. The molecule has 0 aliphatic carbocycles. The molecule has 0 fully saturated rings. The fraction of sp³-hybridized carbons (Fsp3) is 0.294. The van der Waals surface area contributed by atoms with Gasteiger partial charge in [0.1, 0.15) is 17.2 Å². The van der Waals surface area contributed by atoms with E-state index in [4.69, 9.17) is 14.2 Å². The van der Waals surface area contributed by atoms with Crippen LogP contribution >= 0.6 is 15.9 Å². The molecule has 0 spiro atoms. The van der Waals surface area contributed by atoms with Crippen LogP contribution in [0.25, 0.3) is 0 Å². The molecule has 0 amide bonds. The summed E-state index contributed by atoms with van der Waals surface area (Å²) >= 11 is 3.39. The molecule has 0 saturated carbocycles. The number of halogens is 1. The minimum atomic E-state index is 0.629. The van der Waals surface area contributed by atoms with Crippen LogP contribution in [0.3, 0.4) is 0 Å². The molecule has 112 valence electrons. The highest BCUT2D eigenvalue weighted by atomic mass is 79.9. The number of hydrogen-bond donors (Lipinski definition) is 0. The largest absolute Gasteiger partial charge is 0.494 e. The van der Waals surface area contributed by atoms with Crippen LogP contribution in [0.1, 0.15) is 13.3 Å². The molecule has 0 aliphatic rings. The van der Waals surface area contributed by atoms with E-state index >= 15 is 0 Å². The van der Waals surface area contributed by atoms with Crippen molar-refractivity contribution >= 4 is 15.9 Å². The van der Waals surface area contributed by atoms with E-state index < -0.39 is 0 Å². The Kier molecular flexibility index (Phi) is 6.41. The highest BCUT2D eigenvalue weighted by molar-refractivity contribution is 9.10. The van der Waals surface area contributed by atoms with E-state index in [9.17, 15) is 0 Å². The van der Waals surface area contributed by atoms with Gasteiger partial charge >= 0.3 is 0 Å². The molecule has 0 atom stereocenters. The van der Waals surface area contributed by atoms with E-state index in [1.54, 1.807) is 0 Å². The van der Waals surface area contributed by atoms with Crippen LogP contribution in [-0.4, -0.2) is 19.8 Å². The zero-order chi connectivity index (χ0) is 14.9. The number of rotatable bonds is 8. The molecule has 4 heteroatoms. The smallest absolute Gasteiger partial charge is 0.119 e. The lowest BCUT2D eigenvalue weighted by atomic mass is 10.3. The first kappa shape index (κ1) is 15.7. The van der Waals surface area contributed by atoms with E-state index in [2.05, 4.69) is 15.9 Å². The standard InChI is InChI=1S/C17H19BrO3/c1-2-19-15-8-10-17(11-9-15)21-13-3-12-20-16-6-4-14(18)5-7-16/h4-11H,2-3,12-13H2,1H3. The van der Waals surface area contributed by atoms with E-state index in [1.165, 1.54) is 0 Å². The summed E-state index contributed by atoms with van der Waals surface area (Å²) in [5, 5.41) is 0. The molecular formula is C17H19BrO3. The van der Waals surface area contributed by atoms with Gasteiger partial charge in [0.05, 0.1) is 19.8 Å². The van der Waals surface area contributed by atoms with Crippen molar-refractivity contribution in [2.24, 2.45) is 0 Å². The summed E-state index contributed by atoms with van der Waals surface area (Å²) in [5.41, 5.74) is 0. The van der Waals surface area contributed by atoms with Crippen LogP contribution in [0.15, 0.2) is 53.0 Å². The van der Waals surface area contributed by atoms with Gasteiger partial charge in [-0.1, -0.05) is 15.9 Å². The molecule has 0 saturated heterocycles. The van der Waals surface area contributed by atoms with Crippen LogP contribution in [0.5, 0.6) is 17.2 Å². The minimum absolute atomic E-state index is 0.629. The summed E-state index contributed by atoms with van der Waals surface area (Å²) < 4.78 is 17.7. The molecule has 21 heavy (non-hydrogen) atoms. The van der Waals surface area contributed by atoms with Crippen molar-refractivity contribution in [3.8, 4) is 17.2 Å². The van der Waals surface area contributed by atoms with E-state index in [-0.39, 0.29) is 0 Å². The van der Waals surface area contributed by atoms with Gasteiger partial charge < -0.3 is 14.2 Å². The maximum Gasteiger partial charge on any atom is 0.119 e. The Morgan fingerprint density at radius 3 is 1.62 bits per heavy atom. The first-order chi connectivity index (χ1) is 10.3. The number of ether oxygens (including phenoxy) is 3. The topological polar surface area (TPSA) is 27.7 Å². The van der Waals surface area contributed by atoms with Gasteiger partial charge in [0.15, 0.2) is 0 Å². The molecule has 2 aromatic carbocycles. The lowest BCUT2D eigenvalue weighted by molar-refractivity contribution is 0.247. The first-order valence-electron chi connectivity index (χ1n) is 7.02. The molecule has 2 aromatic rings. The second-order valence-electron chi connectivity index (χ2n) is 4.41. The third-order valence-electron chi connectivity index (χ3n) is 2.77. The second kappa shape index (κ2) is 8.57. The Hall–Kier alpha value is -1.68. The first-order valence-corrected chi connectivity index (χ1v) is 7.81. The Morgan fingerprint density at radius 2 is 1.14 bits per heavy atom. The van der Waals surface area contributed by atoms with Crippen molar-refractivity contribution in [3.63, 3.8) is 0 Å². The van der Waals surface area contributed by atoms with Crippen LogP contribution < -0.4 is 14.2 Å². The third kappa shape index (κ3) is 5.68. The van der Waals surface area contributed by atoms with Gasteiger partial charge in [-0.2, -0.15) is 0 Å². The molecule has 0 unspecified atom stereocenters. The average Bonchev–Trinajstić information content (AvgIpc) is 2.51. The Balaban J connectivity index is 1.64. The van der Waals surface area contributed by atoms with Crippen molar-refractivity contribution in [2.75, 3.05) is 19.8 Å².